The van der Waals surface area contributed by atoms with Gasteiger partial charge in [0.2, 0.25) is 5.95 Å². The van der Waals surface area contributed by atoms with Gasteiger partial charge in [-0.2, -0.15) is 4.98 Å². The number of nitrogens with one attached hydrogen (secondary N) is 2. The number of hydrogen-bond donors (Lipinski definition) is 2. The summed E-state index contributed by atoms with van der Waals surface area (Å²) in [5.74, 6) is 2.11. The molecule has 4 rings (SSSR count). The van der Waals surface area contributed by atoms with Crippen molar-refractivity contribution >= 4 is 11.8 Å². The molecule has 2 N–H and O–H groups in total. The molecule has 5 nitrogen and oxygen atoms in total. The quantitative estimate of drug-likeness (QED) is 0.805. The van der Waals surface area contributed by atoms with Gasteiger partial charge in [-0.1, -0.05) is 25.7 Å². The lowest BCUT2D eigenvalue weighted by molar-refractivity contribution is 0.413. The Balaban J connectivity index is 1.55. The second kappa shape index (κ2) is 9.03. The van der Waals surface area contributed by atoms with Crippen molar-refractivity contribution in [3.05, 3.63) is 11.3 Å². The van der Waals surface area contributed by atoms with E-state index in [2.05, 4.69) is 15.5 Å². The molecule has 3 heterocycles. The SMILES string of the molecule is C1CCc2nc(NCC3CCCCN3)nc(N3CCCCCC3)c2CC1. The molecule has 3 aliphatic rings. The predicted octanol–water partition coefficient (Wildman–Crippen LogP) is 3.68. The van der Waals surface area contributed by atoms with Crippen LogP contribution >= 0.6 is 0 Å². The summed E-state index contributed by atoms with van der Waals surface area (Å²) < 4.78 is 0. The lowest BCUT2D eigenvalue weighted by Crippen LogP contribution is -2.39. The highest BCUT2D eigenvalue weighted by molar-refractivity contribution is 5.53. The fraction of sp³-hybridized carbons (Fsp3) is 0.810. The van der Waals surface area contributed by atoms with Crippen LogP contribution in [0.25, 0.3) is 0 Å². The Morgan fingerprint density at radius 2 is 1.69 bits per heavy atom. The summed E-state index contributed by atoms with van der Waals surface area (Å²) in [4.78, 5) is 12.6. The fourth-order valence-corrected chi connectivity index (χ4v) is 4.69. The first-order chi connectivity index (χ1) is 12.9. The summed E-state index contributed by atoms with van der Waals surface area (Å²) in [5, 5.41) is 7.19. The van der Waals surface area contributed by atoms with Gasteiger partial charge in [0.25, 0.3) is 0 Å². The third kappa shape index (κ3) is 4.48. The lowest BCUT2D eigenvalue weighted by atomic mass is 10.1. The summed E-state index contributed by atoms with van der Waals surface area (Å²) in [6, 6.07) is 0.563. The van der Waals surface area contributed by atoms with E-state index in [1.165, 1.54) is 81.3 Å². The van der Waals surface area contributed by atoms with E-state index >= 15 is 0 Å². The molecule has 1 aromatic rings. The van der Waals surface area contributed by atoms with Crippen LogP contribution in [0.15, 0.2) is 0 Å². The Morgan fingerprint density at radius 1 is 0.885 bits per heavy atom. The Hall–Kier alpha value is -1.36. The highest BCUT2D eigenvalue weighted by atomic mass is 15.2. The number of anilines is 2. The molecule has 0 amide bonds. The van der Waals surface area contributed by atoms with E-state index in [9.17, 15) is 0 Å². The molecular formula is C21H35N5. The zero-order chi connectivity index (χ0) is 17.6. The Morgan fingerprint density at radius 3 is 2.50 bits per heavy atom. The van der Waals surface area contributed by atoms with Gasteiger partial charge in [-0.25, -0.2) is 4.98 Å². The van der Waals surface area contributed by atoms with Crippen molar-refractivity contribution in [2.75, 3.05) is 36.4 Å². The van der Waals surface area contributed by atoms with Crippen LogP contribution in [0.2, 0.25) is 0 Å². The Labute approximate surface area is 158 Å². The number of aryl methyl sites for hydroxylation is 1. The van der Waals surface area contributed by atoms with Crippen LogP contribution in [0.4, 0.5) is 11.8 Å². The van der Waals surface area contributed by atoms with Crippen molar-refractivity contribution in [1.29, 1.82) is 0 Å². The van der Waals surface area contributed by atoms with Crippen molar-refractivity contribution in [1.82, 2.24) is 15.3 Å². The smallest absolute Gasteiger partial charge is 0.224 e. The van der Waals surface area contributed by atoms with Gasteiger partial charge in [-0.15, -0.1) is 0 Å². The maximum Gasteiger partial charge on any atom is 0.224 e. The highest BCUT2D eigenvalue weighted by Gasteiger charge is 2.22. The second-order valence-corrected chi connectivity index (χ2v) is 8.29. The second-order valence-electron chi connectivity index (χ2n) is 8.29. The molecule has 2 aliphatic heterocycles. The molecule has 1 aromatic heterocycles. The standard InChI is InChI=1S/C21H35N5/c1-2-9-15-26(14-8-1)20-18-11-4-3-5-12-19(18)24-21(25-20)23-16-17-10-6-7-13-22-17/h17,22H,1-16H2,(H,23,24,25). The van der Waals surface area contributed by atoms with Gasteiger partial charge in [0.05, 0.1) is 5.69 Å². The maximum atomic E-state index is 5.05. The molecule has 0 aromatic carbocycles. The maximum absolute atomic E-state index is 5.05. The summed E-state index contributed by atoms with van der Waals surface area (Å²) in [6.07, 6.45) is 15.4. The van der Waals surface area contributed by atoms with E-state index in [-0.39, 0.29) is 0 Å². The lowest BCUT2D eigenvalue weighted by Gasteiger charge is -2.27. The fourth-order valence-electron chi connectivity index (χ4n) is 4.69. The minimum Gasteiger partial charge on any atom is -0.356 e. The van der Waals surface area contributed by atoms with Gasteiger partial charge < -0.3 is 15.5 Å². The normalized spacial score (nSPS) is 24.5. The summed E-state index contributed by atoms with van der Waals surface area (Å²) in [5.41, 5.74) is 2.77. The Kier molecular flexibility index (Phi) is 6.26. The first kappa shape index (κ1) is 18.0. The molecule has 1 atom stereocenters. The van der Waals surface area contributed by atoms with Crippen LogP contribution in [0.1, 0.15) is 75.5 Å². The number of aromatic nitrogens is 2. The first-order valence-electron chi connectivity index (χ1n) is 11.0. The van der Waals surface area contributed by atoms with Gasteiger partial charge in [-0.3, -0.25) is 0 Å². The minimum absolute atomic E-state index is 0.563. The minimum atomic E-state index is 0.563. The average molecular weight is 358 g/mol. The van der Waals surface area contributed by atoms with Gasteiger partial charge in [0.15, 0.2) is 0 Å². The molecule has 5 heteroatoms. The summed E-state index contributed by atoms with van der Waals surface area (Å²) in [7, 11) is 0. The topological polar surface area (TPSA) is 53.1 Å². The molecule has 1 unspecified atom stereocenters. The van der Waals surface area contributed by atoms with Crippen molar-refractivity contribution in [2.45, 2.75) is 83.1 Å². The molecule has 0 spiro atoms. The number of hydrogen-bond acceptors (Lipinski definition) is 5. The van der Waals surface area contributed by atoms with E-state index in [4.69, 9.17) is 9.97 Å². The third-order valence-electron chi connectivity index (χ3n) is 6.24. The largest absolute Gasteiger partial charge is 0.356 e. The first-order valence-corrected chi connectivity index (χ1v) is 11.0. The molecule has 2 fully saturated rings. The predicted molar refractivity (Wildman–Crippen MR) is 108 cm³/mol. The number of fused-ring (bicyclic) bond motifs is 1. The molecule has 0 radical (unpaired) electrons. The monoisotopic (exact) mass is 357 g/mol. The van der Waals surface area contributed by atoms with Crippen LogP contribution < -0.4 is 15.5 Å². The van der Waals surface area contributed by atoms with Gasteiger partial charge in [-0.05, 0) is 57.9 Å². The molecule has 1 aliphatic carbocycles. The molecular weight excluding hydrogens is 322 g/mol. The zero-order valence-electron chi connectivity index (χ0n) is 16.2. The van der Waals surface area contributed by atoms with Crippen LogP contribution in [-0.2, 0) is 12.8 Å². The number of rotatable bonds is 4. The number of nitrogens with zero attached hydrogens (tertiary/aromatic N) is 3. The molecule has 2 saturated heterocycles. The number of piperidine rings is 1. The van der Waals surface area contributed by atoms with Crippen LogP contribution in [-0.4, -0.2) is 42.2 Å². The molecule has 0 bridgehead atoms. The van der Waals surface area contributed by atoms with Gasteiger partial charge >= 0.3 is 0 Å². The average Bonchev–Trinajstić information content (AvgIpc) is 3.09. The third-order valence-corrected chi connectivity index (χ3v) is 6.24. The van der Waals surface area contributed by atoms with Crippen LogP contribution in [0.3, 0.4) is 0 Å². The summed E-state index contributed by atoms with van der Waals surface area (Å²) in [6.45, 7) is 4.41. The van der Waals surface area contributed by atoms with E-state index in [1.807, 2.05) is 0 Å². The van der Waals surface area contributed by atoms with Crippen molar-refractivity contribution < 1.29 is 0 Å². The van der Waals surface area contributed by atoms with E-state index in [1.54, 1.807) is 0 Å². The van der Waals surface area contributed by atoms with E-state index in [0.29, 0.717) is 6.04 Å². The molecule has 0 saturated carbocycles. The van der Waals surface area contributed by atoms with Crippen molar-refractivity contribution in [3.63, 3.8) is 0 Å². The van der Waals surface area contributed by atoms with Crippen molar-refractivity contribution in [2.24, 2.45) is 0 Å². The molecule has 144 valence electrons. The molecule has 26 heavy (non-hydrogen) atoms. The zero-order valence-corrected chi connectivity index (χ0v) is 16.2. The van der Waals surface area contributed by atoms with E-state index in [0.717, 1.165) is 45.0 Å². The van der Waals surface area contributed by atoms with Crippen LogP contribution in [0.5, 0.6) is 0 Å². The van der Waals surface area contributed by atoms with E-state index < -0.39 is 0 Å². The highest BCUT2D eigenvalue weighted by Crippen LogP contribution is 2.30. The Bertz CT molecular complexity index is 574. The van der Waals surface area contributed by atoms with Gasteiger partial charge in [0.1, 0.15) is 5.82 Å². The van der Waals surface area contributed by atoms with Crippen molar-refractivity contribution in [3.8, 4) is 0 Å². The summed E-state index contributed by atoms with van der Waals surface area (Å²) >= 11 is 0. The van der Waals surface area contributed by atoms with Crippen LogP contribution in [0, 0.1) is 0 Å². The van der Waals surface area contributed by atoms with Gasteiger partial charge in [0, 0.05) is 31.2 Å².